The van der Waals surface area contributed by atoms with Gasteiger partial charge in [-0.25, -0.2) is 0 Å². The number of aliphatic hydroxyl groups excluding tert-OH is 1. The Hall–Kier alpha value is -1.36. The molecule has 1 amide bonds. The van der Waals surface area contributed by atoms with Gasteiger partial charge >= 0.3 is 0 Å². The van der Waals surface area contributed by atoms with Gasteiger partial charge in [0.1, 0.15) is 0 Å². The van der Waals surface area contributed by atoms with Crippen LogP contribution in [0.1, 0.15) is 54.6 Å². The minimum absolute atomic E-state index is 0.0424. The molecule has 1 atom stereocenters. The van der Waals surface area contributed by atoms with Crippen LogP contribution in [0.4, 0.5) is 0 Å². The molecule has 1 saturated carbocycles. The molecule has 3 rings (SSSR count). The van der Waals surface area contributed by atoms with Gasteiger partial charge in [-0.2, -0.15) is 5.10 Å². The number of hydrogen-bond acceptors (Lipinski definition) is 3. The summed E-state index contributed by atoms with van der Waals surface area (Å²) in [5.74, 6) is 0.557. The van der Waals surface area contributed by atoms with E-state index in [0.29, 0.717) is 25.4 Å². The first kappa shape index (κ1) is 12.7. The lowest BCUT2D eigenvalue weighted by molar-refractivity contribution is 0.0763. The van der Waals surface area contributed by atoms with Gasteiger partial charge in [0.15, 0.2) is 0 Å². The molecule has 1 aromatic heterocycles. The van der Waals surface area contributed by atoms with E-state index in [9.17, 15) is 9.90 Å². The summed E-state index contributed by atoms with van der Waals surface area (Å²) in [5.41, 5.74) is 1.87. The standard InChI is InChI=1S/C14H21N3O2/c1-2-6-17-13(10-3-4-10)12(8-15-17)14(19)16-7-5-11(18)9-16/h8,10-11,18H,2-7,9H2,1H3/t11-/m1/s1. The van der Waals surface area contributed by atoms with Gasteiger partial charge in [0.2, 0.25) is 0 Å². The summed E-state index contributed by atoms with van der Waals surface area (Å²) in [6, 6.07) is 0. The van der Waals surface area contributed by atoms with Gasteiger partial charge in [0, 0.05) is 25.6 Å². The van der Waals surface area contributed by atoms with Crippen molar-refractivity contribution in [2.45, 2.75) is 51.2 Å². The highest BCUT2D eigenvalue weighted by atomic mass is 16.3. The predicted octanol–water partition coefficient (Wildman–Crippen LogP) is 1.38. The number of carbonyl (C=O) groups is 1. The van der Waals surface area contributed by atoms with Gasteiger partial charge in [0.25, 0.3) is 5.91 Å². The molecule has 0 aromatic carbocycles. The van der Waals surface area contributed by atoms with E-state index in [2.05, 4.69) is 12.0 Å². The van der Waals surface area contributed by atoms with E-state index < -0.39 is 0 Å². The molecule has 104 valence electrons. The normalized spacial score (nSPS) is 23.1. The zero-order chi connectivity index (χ0) is 13.4. The van der Waals surface area contributed by atoms with Crippen molar-refractivity contribution in [3.63, 3.8) is 0 Å². The zero-order valence-corrected chi connectivity index (χ0v) is 11.4. The average molecular weight is 263 g/mol. The first-order chi connectivity index (χ1) is 9.20. The number of nitrogens with zero attached hydrogens (tertiary/aromatic N) is 3. The Morgan fingerprint density at radius 2 is 2.26 bits per heavy atom. The predicted molar refractivity (Wildman–Crippen MR) is 71.0 cm³/mol. The lowest BCUT2D eigenvalue weighted by Crippen LogP contribution is -2.30. The number of aromatic nitrogens is 2. The van der Waals surface area contributed by atoms with Gasteiger partial charge in [-0.15, -0.1) is 0 Å². The molecule has 5 nitrogen and oxygen atoms in total. The Morgan fingerprint density at radius 1 is 1.47 bits per heavy atom. The molecule has 0 bridgehead atoms. The van der Waals surface area contributed by atoms with Crippen LogP contribution in [0.15, 0.2) is 6.20 Å². The number of hydrogen-bond donors (Lipinski definition) is 1. The van der Waals surface area contributed by atoms with Crippen molar-refractivity contribution in [2.24, 2.45) is 0 Å². The number of aliphatic hydroxyl groups is 1. The smallest absolute Gasteiger partial charge is 0.257 e. The number of aryl methyl sites for hydroxylation is 1. The van der Waals surface area contributed by atoms with Gasteiger partial charge in [-0.1, -0.05) is 6.92 Å². The van der Waals surface area contributed by atoms with E-state index in [1.807, 2.05) is 4.68 Å². The zero-order valence-electron chi connectivity index (χ0n) is 11.4. The molecule has 2 aliphatic rings. The minimum atomic E-state index is -0.362. The second-order valence-corrected chi connectivity index (χ2v) is 5.63. The number of likely N-dealkylation sites (tertiary alicyclic amines) is 1. The molecule has 1 aromatic rings. The van der Waals surface area contributed by atoms with E-state index in [1.165, 1.54) is 0 Å². The van der Waals surface area contributed by atoms with E-state index in [0.717, 1.165) is 37.1 Å². The first-order valence-corrected chi connectivity index (χ1v) is 7.23. The first-order valence-electron chi connectivity index (χ1n) is 7.23. The monoisotopic (exact) mass is 263 g/mol. The molecule has 0 unspecified atom stereocenters. The third kappa shape index (κ3) is 2.39. The van der Waals surface area contributed by atoms with Crippen molar-refractivity contribution >= 4 is 5.91 Å². The van der Waals surface area contributed by atoms with Gasteiger partial charge in [-0.05, 0) is 25.7 Å². The van der Waals surface area contributed by atoms with Crippen LogP contribution in [0, 0.1) is 0 Å². The summed E-state index contributed by atoms with van der Waals surface area (Å²) in [4.78, 5) is 14.3. The number of β-amino-alcohol motifs (C(OH)–C–C–N with tert-alkyl or cyclic N) is 1. The minimum Gasteiger partial charge on any atom is -0.391 e. The van der Waals surface area contributed by atoms with Crippen LogP contribution in [0.5, 0.6) is 0 Å². The van der Waals surface area contributed by atoms with Gasteiger partial charge < -0.3 is 10.0 Å². The van der Waals surface area contributed by atoms with E-state index in [4.69, 9.17) is 0 Å². The van der Waals surface area contributed by atoms with Crippen LogP contribution < -0.4 is 0 Å². The quantitative estimate of drug-likeness (QED) is 0.892. The Kier molecular flexibility index (Phi) is 3.31. The van der Waals surface area contributed by atoms with Gasteiger partial charge in [-0.3, -0.25) is 9.48 Å². The van der Waals surface area contributed by atoms with Crippen molar-refractivity contribution in [1.29, 1.82) is 0 Å². The average Bonchev–Trinajstić information content (AvgIpc) is 3.00. The van der Waals surface area contributed by atoms with E-state index in [-0.39, 0.29) is 12.0 Å². The summed E-state index contributed by atoms with van der Waals surface area (Å²) in [6.07, 6.45) is 5.40. The highest BCUT2D eigenvalue weighted by molar-refractivity contribution is 5.95. The summed E-state index contributed by atoms with van der Waals surface area (Å²) in [7, 11) is 0. The Morgan fingerprint density at radius 3 is 2.84 bits per heavy atom. The fourth-order valence-electron chi connectivity index (χ4n) is 2.83. The number of carbonyl (C=O) groups excluding carboxylic acids is 1. The summed E-state index contributed by atoms with van der Waals surface area (Å²) in [6.45, 7) is 4.11. The van der Waals surface area contributed by atoms with Crippen molar-refractivity contribution in [3.8, 4) is 0 Å². The van der Waals surface area contributed by atoms with Crippen LogP contribution in [0.3, 0.4) is 0 Å². The molecule has 1 aliphatic heterocycles. The second kappa shape index (κ2) is 4.96. The van der Waals surface area contributed by atoms with Crippen LogP contribution in [0.2, 0.25) is 0 Å². The largest absolute Gasteiger partial charge is 0.391 e. The summed E-state index contributed by atoms with van der Waals surface area (Å²) in [5, 5.41) is 13.9. The summed E-state index contributed by atoms with van der Waals surface area (Å²) >= 11 is 0. The van der Waals surface area contributed by atoms with Crippen LogP contribution in [-0.4, -0.2) is 44.9 Å². The molecule has 5 heteroatoms. The Bertz CT molecular complexity index is 479. The van der Waals surface area contributed by atoms with Crippen LogP contribution in [-0.2, 0) is 6.54 Å². The van der Waals surface area contributed by atoms with Gasteiger partial charge in [0.05, 0.1) is 23.6 Å². The molecule has 19 heavy (non-hydrogen) atoms. The van der Waals surface area contributed by atoms with Crippen LogP contribution >= 0.6 is 0 Å². The molecule has 1 aliphatic carbocycles. The lowest BCUT2D eigenvalue weighted by Gasteiger charge is -2.16. The lowest BCUT2D eigenvalue weighted by atomic mass is 10.1. The highest BCUT2D eigenvalue weighted by Gasteiger charge is 2.35. The molecular formula is C14H21N3O2. The van der Waals surface area contributed by atoms with E-state index in [1.54, 1.807) is 11.1 Å². The van der Waals surface area contributed by atoms with Crippen molar-refractivity contribution in [1.82, 2.24) is 14.7 Å². The van der Waals surface area contributed by atoms with Crippen LogP contribution in [0.25, 0.3) is 0 Å². The molecule has 2 heterocycles. The Labute approximate surface area is 113 Å². The van der Waals surface area contributed by atoms with Crippen molar-refractivity contribution < 1.29 is 9.90 Å². The summed E-state index contributed by atoms with van der Waals surface area (Å²) < 4.78 is 2.00. The third-order valence-electron chi connectivity index (χ3n) is 3.96. The maximum Gasteiger partial charge on any atom is 0.257 e. The fourth-order valence-corrected chi connectivity index (χ4v) is 2.83. The Balaban J connectivity index is 1.85. The van der Waals surface area contributed by atoms with E-state index >= 15 is 0 Å². The fraction of sp³-hybridized carbons (Fsp3) is 0.714. The maximum atomic E-state index is 12.5. The number of amides is 1. The maximum absolute atomic E-state index is 12.5. The molecule has 0 radical (unpaired) electrons. The molecule has 1 N–H and O–H groups in total. The third-order valence-corrected chi connectivity index (χ3v) is 3.96. The van der Waals surface area contributed by atoms with Crippen molar-refractivity contribution in [2.75, 3.05) is 13.1 Å². The molecule has 1 saturated heterocycles. The molecule has 2 fully saturated rings. The van der Waals surface area contributed by atoms with Crippen molar-refractivity contribution in [3.05, 3.63) is 17.5 Å². The number of rotatable bonds is 4. The SMILES string of the molecule is CCCn1ncc(C(=O)N2CC[C@@H](O)C2)c1C1CC1. The highest BCUT2D eigenvalue weighted by Crippen LogP contribution is 2.42. The molecular weight excluding hydrogens is 242 g/mol. The second-order valence-electron chi connectivity index (χ2n) is 5.63. The topological polar surface area (TPSA) is 58.4 Å². The molecule has 0 spiro atoms.